The third-order valence-corrected chi connectivity index (χ3v) is 8.83. The van der Waals surface area contributed by atoms with Gasteiger partial charge in [0.25, 0.3) is 11.4 Å². The van der Waals surface area contributed by atoms with Crippen molar-refractivity contribution in [2.24, 2.45) is 0 Å². The van der Waals surface area contributed by atoms with Crippen LogP contribution < -0.4 is 11.2 Å². The Labute approximate surface area is 344 Å². The molecule has 0 unspecified atom stereocenters. The summed E-state index contributed by atoms with van der Waals surface area (Å²) in [5, 5.41) is 56.6. The van der Waals surface area contributed by atoms with Crippen molar-refractivity contribution in [3.05, 3.63) is 183 Å². The summed E-state index contributed by atoms with van der Waals surface area (Å²) >= 11 is 0. The molecule has 0 atom stereocenters. The monoisotopic (exact) mass is 811 g/mol. The first-order chi connectivity index (χ1) is 27.9. The van der Waals surface area contributed by atoms with E-state index >= 15 is 0 Å². The van der Waals surface area contributed by atoms with Gasteiger partial charge in [-0.25, -0.2) is 9.36 Å². The number of aromatic amines is 1. The summed E-state index contributed by atoms with van der Waals surface area (Å²) < 4.78 is 3.63. The Balaban J connectivity index is 0.000000153. The van der Waals surface area contributed by atoms with Gasteiger partial charge in [-0.2, -0.15) is 15.3 Å². The fourth-order valence-corrected chi connectivity index (χ4v) is 5.96. The fourth-order valence-electron chi connectivity index (χ4n) is 5.96. The maximum atomic E-state index is 10.8. The number of nitrogen functional groups attached to an aromatic ring is 1. The minimum Gasteiger partial charge on any atom is -0.423 e. The highest BCUT2D eigenvalue weighted by atomic mass is 35.5. The number of halogens is 1. The lowest BCUT2D eigenvalue weighted by Crippen LogP contribution is -2.29. The molecule has 0 aliphatic rings. The Kier molecular flexibility index (Phi) is 13.9. The van der Waals surface area contributed by atoms with E-state index < -0.39 is 17.0 Å². The quantitative estimate of drug-likeness (QED) is 0.0574. The van der Waals surface area contributed by atoms with Gasteiger partial charge in [-0.05, 0) is 92.0 Å². The zero-order chi connectivity index (χ0) is 41.3. The molecule has 0 radical (unpaired) electrons. The number of fused-ring (bicyclic) bond motifs is 3. The van der Waals surface area contributed by atoms with Gasteiger partial charge in [0.15, 0.2) is 0 Å². The molecule has 9 rings (SSSR count). The first-order valence-corrected chi connectivity index (χ1v) is 17.9. The van der Waals surface area contributed by atoms with Gasteiger partial charge >= 0.3 is 7.12 Å². The van der Waals surface area contributed by atoms with E-state index in [2.05, 4.69) is 39.5 Å². The lowest BCUT2D eigenvalue weighted by Gasteiger charge is -2.04. The van der Waals surface area contributed by atoms with Crippen molar-refractivity contribution in [3.8, 4) is 11.4 Å². The highest BCUT2D eigenvalue weighted by molar-refractivity contribution is 6.58. The van der Waals surface area contributed by atoms with Crippen LogP contribution in [0.4, 0.5) is 17.1 Å². The Morgan fingerprint density at radius 1 is 0.610 bits per heavy atom. The number of nitrogens with zero attached hydrogens (tertiary/aromatic N) is 7. The third kappa shape index (κ3) is 10.7. The topological polar surface area (TPSA) is 217 Å². The molecular weight excluding hydrogens is 773 g/mol. The number of aryl methyl sites for hydroxylation is 3. The number of anilines is 1. The summed E-state index contributed by atoms with van der Waals surface area (Å²) in [6.07, 6.45) is 5.19. The molecule has 0 saturated heterocycles. The van der Waals surface area contributed by atoms with E-state index in [0.29, 0.717) is 11.0 Å². The maximum absolute atomic E-state index is 10.8. The number of aromatic nitrogens is 6. The minimum absolute atomic E-state index is 0. The number of nitro groups is 2. The van der Waals surface area contributed by atoms with Gasteiger partial charge in [-0.1, -0.05) is 54.1 Å². The average molecular weight is 812 g/mol. The maximum Gasteiger partial charge on any atom is 0.488 e. The molecule has 5 N–H and O–H groups in total. The van der Waals surface area contributed by atoms with Crippen molar-refractivity contribution in [2.45, 2.75) is 20.8 Å². The number of nitrogens with one attached hydrogen (secondary N) is 1. The summed E-state index contributed by atoms with van der Waals surface area (Å²) in [6, 6.07) is 38.4. The molecule has 0 bridgehead atoms. The van der Waals surface area contributed by atoms with Crippen molar-refractivity contribution in [3.63, 3.8) is 0 Å². The Hall–Kier alpha value is -7.40. The van der Waals surface area contributed by atoms with Crippen molar-refractivity contribution < 1.29 is 19.9 Å². The second kappa shape index (κ2) is 19.2. The third-order valence-electron chi connectivity index (χ3n) is 8.83. The van der Waals surface area contributed by atoms with Crippen LogP contribution in [-0.4, -0.2) is 56.8 Å². The zero-order valence-electron chi connectivity index (χ0n) is 32.1. The molecule has 9 aromatic rings. The number of rotatable bonds is 5. The SMILES string of the molecule is Cc1cccc(-n2ncc3ccc(N)cc32)c1.Cc1cccc(-n2ncc3ccc([N+](=O)[O-])cc32)c1.Cc1cccc(B(O)O)c1.Cl.O=[N+]([O-])c1ccc2cn[nH]c2c1. The van der Waals surface area contributed by atoms with Crippen LogP contribution in [0.2, 0.25) is 0 Å². The molecule has 0 amide bonds. The smallest absolute Gasteiger partial charge is 0.423 e. The number of hydrogen-bond acceptors (Lipinski definition) is 10. The van der Waals surface area contributed by atoms with Crippen LogP contribution in [0.15, 0.2) is 146 Å². The first kappa shape index (κ1) is 42.7. The summed E-state index contributed by atoms with van der Waals surface area (Å²) in [6.45, 7) is 5.98. The lowest BCUT2D eigenvalue weighted by atomic mass is 9.80. The van der Waals surface area contributed by atoms with Crippen molar-refractivity contribution in [1.29, 1.82) is 0 Å². The molecular formula is C42H39BClN9O6. The minimum atomic E-state index is -1.35. The van der Waals surface area contributed by atoms with E-state index in [1.807, 2.05) is 85.4 Å². The zero-order valence-corrected chi connectivity index (χ0v) is 32.9. The molecule has 3 aromatic heterocycles. The summed E-state index contributed by atoms with van der Waals surface area (Å²) in [5.74, 6) is 0. The van der Waals surface area contributed by atoms with E-state index in [4.69, 9.17) is 15.8 Å². The number of nitro benzene ring substituents is 2. The van der Waals surface area contributed by atoms with Crippen LogP contribution >= 0.6 is 12.4 Å². The molecule has 3 heterocycles. The van der Waals surface area contributed by atoms with E-state index in [-0.39, 0.29) is 23.8 Å². The van der Waals surface area contributed by atoms with Crippen molar-refractivity contribution >= 4 is 74.8 Å². The van der Waals surface area contributed by atoms with Gasteiger partial charge in [0.05, 0.1) is 56.4 Å². The molecule has 17 heteroatoms. The molecule has 0 saturated carbocycles. The van der Waals surface area contributed by atoms with Gasteiger partial charge in [-0.3, -0.25) is 25.3 Å². The molecule has 59 heavy (non-hydrogen) atoms. The van der Waals surface area contributed by atoms with Gasteiger partial charge in [-0.15, -0.1) is 12.4 Å². The summed E-state index contributed by atoms with van der Waals surface area (Å²) in [7, 11) is -1.35. The Morgan fingerprint density at radius 2 is 1.10 bits per heavy atom. The number of non-ortho nitro benzene ring substituents is 2. The molecule has 0 aliphatic carbocycles. The van der Waals surface area contributed by atoms with Gasteiger partial charge in [0.2, 0.25) is 0 Å². The fraction of sp³-hybridized carbons (Fsp3) is 0.0714. The lowest BCUT2D eigenvalue weighted by molar-refractivity contribution is -0.384. The van der Waals surface area contributed by atoms with E-state index in [1.54, 1.807) is 53.5 Å². The largest absolute Gasteiger partial charge is 0.488 e. The highest BCUT2D eigenvalue weighted by Gasteiger charge is 2.12. The van der Waals surface area contributed by atoms with Gasteiger partial charge in [0.1, 0.15) is 0 Å². The van der Waals surface area contributed by atoms with E-state index in [9.17, 15) is 20.2 Å². The average Bonchev–Trinajstić information content (AvgIpc) is 3.97. The second-order valence-electron chi connectivity index (χ2n) is 13.3. The van der Waals surface area contributed by atoms with E-state index in [0.717, 1.165) is 55.4 Å². The predicted molar refractivity (Wildman–Crippen MR) is 234 cm³/mol. The van der Waals surface area contributed by atoms with Crippen LogP contribution in [-0.2, 0) is 0 Å². The van der Waals surface area contributed by atoms with Crippen molar-refractivity contribution in [1.82, 2.24) is 29.8 Å². The Morgan fingerprint density at radius 3 is 1.61 bits per heavy atom. The number of H-pyrrole nitrogens is 1. The normalized spacial score (nSPS) is 10.3. The van der Waals surface area contributed by atoms with Gasteiger partial charge in [0, 0.05) is 46.1 Å². The second-order valence-corrected chi connectivity index (χ2v) is 13.3. The molecule has 0 aliphatic heterocycles. The number of nitrogens with two attached hydrogens (primary N) is 1. The molecule has 6 aromatic carbocycles. The van der Waals surface area contributed by atoms with Gasteiger partial charge < -0.3 is 15.8 Å². The standard InChI is InChI=1S/C14H11N3O2.C14H13N3.C7H9BO2.C7H5N3O2.ClH/c1-10-3-2-4-12(7-10)16-14-8-13(17(18)19)6-5-11(14)9-15-16;1-10-3-2-4-13(7-10)17-14-8-12(15)6-5-11(14)9-16-17;1-6-3-2-4-7(5-6)8(9)10;11-10(12)6-2-1-5-4-8-9-7(5)3-6;/h2-9H,1H3;2-9H,15H2,1H3;2-5,9-10H,1H3;1-4H,(H,8,9);1H. The molecule has 298 valence electrons. The van der Waals surface area contributed by atoms with Crippen LogP contribution in [0.5, 0.6) is 0 Å². The van der Waals surface area contributed by atoms with Crippen LogP contribution in [0.25, 0.3) is 44.1 Å². The summed E-state index contributed by atoms with van der Waals surface area (Å²) in [5.41, 5.74) is 15.0. The van der Waals surface area contributed by atoms with Crippen LogP contribution in [0.3, 0.4) is 0 Å². The number of benzene rings is 6. The molecule has 0 spiro atoms. The molecule has 15 nitrogen and oxygen atoms in total. The highest BCUT2D eigenvalue weighted by Crippen LogP contribution is 2.24. The van der Waals surface area contributed by atoms with Crippen LogP contribution in [0.1, 0.15) is 16.7 Å². The first-order valence-electron chi connectivity index (χ1n) is 17.9. The predicted octanol–water partition coefficient (Wildman–Crippen LogP) is 7.73. The molecule has 0 fully saturated rings. The Bertz CT molecular complexity index is 2880. The summed E-state index contributed by atoms with van der Waals surface area (Å²) in [4.78, 5) is 20.4. The number of hydrogen-bond donors (Lipinski definition) is 4. The van der Waals surface area contributed by atoms with Crippen LogP contribution in [0, 0.1) is 41.0 Å². The van der Waals surface area contributed by atoms with Crippen molar-refractivity contribution in [2.75, 3.05) is 5.73 Å². The van der Waals surface area contributed by atoms with E-state index in [1.165, 1.54) is 23.8 Å².